The molecule has 1 saturated carbocycles. The normalized spacial score (nSPS) is 22.7. The maximum absolute atomic E-state index is 12.5. The van der Waals surface area contributed by atoms with Crippen molar-refractivity contribution in [1.29, 1.82) is 0 Å². The molecule has 2 fully saturated rings. The first-order chi connectivity index (χ1) is 11.0. The molecule has 1 unspecified atom stereocenters. The van der Waals surface area contributed by atoms with E-state index >= 15 is 0 Å². The number of rotatable bonds is 4. The van der Waals surface area contributed by atoms with Crippen molar-refractivity contribution in [1.82, 2.24) is 4.90 Å². The molecule has 1 heterocycles. The molecule has 1 aliphatic carbocycles. The minimum absolute atomic E-state index is 0.0141. The number of hydrogen-bond donors (Lipinski definition) is 1. The number of nitrogens with two attached hydrogens (primary N) is 1. The molecule has 124 valence electrons. The van der Waals surface area contributed by atoms with Crippen molar-refractivity contribution in [3.05, 3.63) is 34.9 Å². The van der Waals surface area contributed by atoms with Gasteiger partial charge in [-0.1, -0.05) is 11.6 Å². The Morgan fingerprint density at radius 1 is 1.22 bits per heavy atom. The SMILES string of the molecule is NC(=O)COC1CCC12CCN(C(=O)c1ccc(Cl)cc1)CC2. The maximum Gasteiger partial charge on any atom is 0.253 e. The second-order valence-electron chi connectivity index (χ2n) is 6.47. The van der Waals surface area contributed by atoms with Crippen molar-refractivity contribution < 1.29 is 14.3 Å². The summed E-state index contributed by atoms with van der Waals surface area (Å²) in [6.45, 7) is 1.43. The van der Waals surface area contributed by atoms with Gasteiger partial charge in [0.15, 0.2) is 0 Å². The van der Waals surface area contributed by atoms with E-state index in [-0.39, 0.29) is 24.0 Å². The van der Waals surface area contributed by atoms with Crippen LogP contribution in [0.2, 0.25) is 5.02 Å². The first-order valence-corrected chi connectivity index (χ1v) is 8.33. The number of amides is 2. The van der Waals surface area contributed by atoms with E-state index in [1.807, 2.05) is 4.90 Å². The summed E-state index contributed by atoms with van der Waals surface area (Å²) in [7, 11) is 0. The van der Waals surface area contributed by atoms with E-state index in [1.54, 1.807) is 24.3 Å². The van der Waals surface area contributed by atoms with Crippen LogP contribution < -0.4 is 5.73 Å². The molecule has 5 nitrogen and oxygen atoms in total. The molecule has 1 aliphatic heterocycles. The Morgan fingerprint density at radius 3 is 2.39 bits per heavy atom. The average Bonchev–Trinajstić information content (AvgIpc) is 2.54. The number of carbonyl (C=O) groups is 2. The van der Waals surface area contributed by atoms with Crippen LogP contribution in [0.1, 0.15) is 36.0 Å². The van der Waals surface area contributed by atoms with E-state index in [2.05, 4.69) is 0 Å². The fraction of sp³-hybridized carbons (Fsp3) is 0.529. The van der Waals surface area contributed by atoms with Gasteiger partial charge in [-0.15, -0.1) is 0 Å². The van der Waals surface area contributed by atoms with Crippen LogP contribution in [0.15, 0.2) is 24.3 Å². The minimum Gasteiger partial charge on any atom is -0.368 e. The lowest BCUT2D eigenvalue weighted by molar-refractivity contribution is -0.148. The largest absolute Gasteiger partial charge is 0.368 e. The van der Waals surface area contributed by atoms with E-state index in [1.165, 1.54) is 0 Å². The molecule has 3 rings (SSSR count). The predicted octanol–water partition coefficient (Wildman–Crippen LogP) is 2.23. The molecule has 1 saturated heterocycles. The Balaban J connectivity index is 1.57. The summed E-state index contributed by atoms with van der Waals surface area (Å²) in [6.07, 6.45) is 3.99. The van der Waals surface area contributed by atoms with Crippen molar-refractivity contribution in [2.24, 2.45) is 11.1 Å². The van der Waals surface area contributed by atoms with Crippen LogP contribution in [-0.2, 0) is 9.53 Å². The molecule has 23 heavy (non-hydrogen) atoms. The van der Waals surface area contributed by atoms with Crippen molar-refractivity contribution >= 4 is 23.4 Å². The van der Waals surface area contributed by atoms with Gasteiger partial charge in [0.05, 0.1) is 6.10 Å². The number of primary amides is 1. The average molecular weight is 337 g/mol. The number of likely N-dealkylation sites (tertiary alicyclic amines) is 1. The van der Waals surface area contributed by atoms with E-state index in [9.17, 15) is 9.59 Å². The summed E-state index contributed by atoms with van der Waals surface area (Å²) in [5.41, 5.74) is 5.93. The van der Waals surface area contributed by atoms with Gasteiger partial charge in [-0.3, -0.25) is 9.59 Å². The van der Waals surface area contributed by atoms with Crippen molar-refractivity contribution in [2.45, 2.75) is 31.8 Å². The summed E-state index contributed by atoms with van der Waals surface area (Å²) in [5.74, 6) is -0.382. The first kappa shape index (κ1) is 16.3. The highest BCUT2D eigenvalue weighted by atomic mass is 35.5. The zero-order chi connectivity index (χ0) is 16.4. The van der Waals surface area contributed by atoms with Crippen LogP contribution in [0.25, 0.3) is 0 Å². The summed E-state index contributed by atoms with van der Waals surface area (Å²) in [5, 5.41) is 0.628. The quantitative estimate of drug-likeness (QED) is 0.916. The molecule has 2 N–H and O–H groups in total. The van der Waals surface area contributed by atoms with Gasteiger partial charge in [0, 0.05) is 29.1 Å². The Labute approximate surface area is 140 Å². The minimum atomic E-state index is -0.428. The monoisotopic (exact) mass is 336 g/mol. The topological polar surface area (TPSA) is 72.6 Å². The number of ether oxygens (including phenoxy) is 1. The third-order valence-electron chi connectivity index (χ3n) is 5.15. The first-order valence-electron chi connectivity index (χ1n) is 7.95. The number of piperidine rings is 1. The van der Waals surface area contributed by atoms with Crippen LogP contribution in [0.5, 0.6) is 0 Å². The van der Waals surface area contributed by atoms with E-state index in [0.29, 0.717) is 10.6 Å². The summed E-state index contributed by atoms with van der Waals surface area (Å²) in [6, 6.07) is 6.99. The molecule has 1 atom stereocenters. The summed E-state index contributed by atoms with van der Waals surface area (Å²) in [4.78, 5) is 25.3. The Hall–Kier alpha value is -1.59. The maximum atomic E-state index is 12.5. The lowest BCUT2D eigenvalue weighted by Crippen LogP contribution is -2.54. The smallest absolute Gasteiger partial charge is 0.253 e. The fourth-order valence-electron chi connectivity index (χ4n) is 3.62. The van der Waals surface area contributed by atoms with Gasteiger partial charge in [0.2, 0.25) is 5.91 Å². The van der Waals surface area contributed by atoms with Crippen LogP contribution in [0.4, 0.5) is 0 Å². The summed E-state index contributed by atoms with van der Waals surface area (Å²) < 4.78 is 5.63. The van der Waals surface area contributed by atoms with Gasteiger partial charge >= 0.3 is 0 Å². The van der Waals surface area contributed by atoms with E-state index < -0.39 is 5.91 Å². The molecule has 2 amide bonds. The van der Waals surface area contributed by atoms with Crippen LogP contribution in [0, 0.1) is 5.41 Å². The molecule has 6 heteroatoms. The lowest BCUT2D eigenvalue weighted by Gasteiger charge is -2.53. The highest BCUT2D eigenvalue weighted by Crippen LogP contribution is 2.50. The zero-order valence-electron chi connectivity index (χ0n) is 13.0. The van der Waals surface area contributed by atoms with Crippen molar-refractivity contribution in [3.8, 4) is 0 Å². The second kappa shape index (κ2) is 6.49. The molecule has 0 radical (unpaired) electrons. The molecule has 0 bridgehead atoms. The highest BCUT2D eigenvalue weighted by Gasteiger charge is 2.49. The fourth-order valence-corrected chi connectivity index (χ4v) is 3.74. The molecule has 1 aromatic rings. The number of nitrogens with zero attached hydrogens (tertiary/aromatic N) is 1. The third-order valence-corrected chi connectivity index (χ3v) is 5.40. The van der Waals surface area contributed by atoms with Gasteiger partial charge in [-0.2, -0.15) is 0 Å². The summed E-state index contributed by atoms with van der Waals surface area (Å²) >= 11 is 5.86. The van der Waals surface area contributed by atoms with Gasteiger partial charge < -0.3 is 15.4 Å². The van der Waals surface area contributed by atoms with Crippen molar-refractivity contribution in [3.63, 3.8) is 0 Å². The van der Waals surface area contributed by atoms with Gasteiger partial charge in [0.25, 0.3) is 5.91 Å². The number of benzene rings is 1. The molecular weight excluding hydrogens is 316 g/mol. The van der Waals surface area contributed by atoms with Gasteiger partial charge in [-0.25, -0.2) is 0 Å². The van der Waals surface area contributed by atoms with Crippen molar-refractivity contribution in [2.75, 3.05) is 19.7 Å². The molecule has 0 aromatic heterocycles. The highest BCUT2D eigenvalue weighted by molar-refractivity contribution is 6.30. The Bertz CT molecular complexity index is 594. The second-order valence-corrected chi connectivity index (χ2v) is 6.90. The molecule has 2 aliphatic rings. The predicted molar refractivity (Wildman–Crippen MR) is 87.2 cm³/mol. The molecule has 1 aromatic carbocycles. The van der Waals surface area contributed by atoms with Crippen LogP contribution >= 0.6 is 11.6 Å². The van der Waals surface area contributed by atoms with Gasteiger partial charge in [0.1, 0.15) is 6.61 Å². The molecular formula is C17H21ClN2O3. The Kier molecular flexibility index (Phi) is 4.60. The standard InChI is InChI=1S/C17H21ClN2O3/c18-13-3-1-12(2-4-13)16(22)20-9-7-17(8-10-20)6-5-14(17)23-11-15(19)21/h1-4,14H,5-11H2,(H2,19,21). The van der Waals surface area contributed by atoms with Crippen LogP contribution in [-0.4, -0.2) is 42.5 Å². The van der Waals surface area contributed by atoms with E-state index in [4.69, 9.17) is 22.1 Å². The number of hydrogen-bond acceptors (Lipinski definition) is 3. The van der Waals surface area contributed by atoms with Gasteiger partial charge in [-0.05, 0) is 49.9 Å². The lowest BCUT2D eigenvalue weighted by atomic mass is 9.60. The Morgan fingerprint density at radius 2 is 1.87 bits per heavy atom. The zero-order valence-corrected chi connectivity index (χ0v) is 13.7. The number of carbonyl (C=O) groups excluding carboxylic acids is 2. The van der Waals surface area contributed by atoms with E-state index in [0.717, 1.165) is 38.8 Å². The number of halogens is 1. The molecule has 1 spiro atoms. The third kappa shape index (κ3) is 3.35. The van der Waals surface area contributed by atoms with Crippen LogP contribution in [0.3, 0.4) is 0 Å².